The number of aromatic nitrogens is 5. The zero-order valence-corrected chi connectivity index (χ0v) is 18.3. The van der Waals surface area contributed by atoms with Gasteiger partial charge in [0.2, 0.25) is 11.8 Å². The topological polar surface area (TPSA) is 89.5 Å². The summed E-state index contributed by atoms with van der Waals surface area (Å²) < 4.78 is 22.1. The van der Waals surface area contributed by atoms with Gasteiger partial charge < -0.3 is 19.7 Å². The van der Waals surface area contributed by atoms with Crippen molar-refractivity contribution in [2.24, 2.45) is 0 Å². The number of nitrogens with one attached hydrogen (secondary N) is 1. The Morgan fingerprint density at radius 1 is 1.28 bits per heavy atom. The number of halogens is 1. The molecular formula is C23H27FN6O2. The molecule has 1 aromatic carbocycles. The van der Waals surface area contributed by atoms with Crippen LogP contribution in [0.4, 0.5) is 10.3 Å². The molecule has 5 rings (SSSR count). The van der Waals surface area contributed by atoms with Gasteiger partial charge in [0, 0.05) is 17.8 Å². The van der Waals surface area contributed by atoms with Crippen molar-refractivity contribution in [1.82, 2.24) is 24.1 Å². The lowest BCUT2D eigenvalue weighted by molar-refractivity contribution is 0.0195. The number of ether oxygens (including phenoxy) is 1. The minimum Gasteiger partial charge on any atom is -0.479 e. The zero-order chi connectivity index (χ0) is 22.3. The van der Waals surface area contributed by atoms with Crippen molar-refractivity contribution in [2.45, 2.75) is 50.8 Å². The van der Waals surface area contributed by atoms with E-state index in [0.717, 1.165) is 53.4 Å². The van der Waals surface area contributed by atoms with Crippen LogP contribution in [0.3, 0.4) is 0 Å². The third-order valence-corrected chi connectivity index (χ3v) is 6.33. The van der Waals surface area contributed by atoms with E-state index in [2.05, 4.69) is 20.4 Å². The number of rotatable bonds is 6. The van der Waals surface area contributed by atoms with Gasteiger partial charge in [-0.15, -0.1) is 5.10 Å². The minimum atomic E-state index is -0.587. The number of hydrogen-bond donors (Lipinski definition) is 2. The van der Waals surface area contributed by atoms with E-state index in [-0.39, 0.29) is 12.6 Å². The van der Waals surface area contributed by atoms with E-state index >= 15 is 0 Å². The molecule has 0 aliphatic heterocycles. The van der Waals surface area contributed by atoms with Gasteiger partial charge in [-0.05, 0) is 56.4 Å². The maximum absolute atomic E-state index is 12.9. The minimum absolute atomic E-state index is 0.214. The normalized spacial score (nSPS) is 21.3. The number of alkyl halides is 1. The fourth-order valence-corrected chi connectivity index (χ4v) is 4.49. The first-order valence-electron chi connectivity index (χ1n) is 10.9. The second-order valence-corrected chi connectivity index (χ2v) is 8.71. The fraction of sp³-hybridized carbons (Fsp3) is 0.435. The van der Waals surface area contributed by atoms with E-state index in [1.165, 1.54) is 0 Å². The van der Waals surface area contributed by atoms with E-state index < -0.39 is 12.3 Å². The summed E-state index contributed by atoms with van der Waals surface area (Å²) in [4.78, 5) is 8.96. The molecule has 2 N–H and O–H groups in total. The molecule has 0 bridgehead atoms. The molecule has 1 aliphatic rings. The number of nitrogens with zero attached hydrogens (tertiary/aromatic N) is 5. The molecule has 32 heavy (non-hydrogen) atoms. The van der Waals surface area contributed by atoms with Crippen molar-refractivity contribution < 1.29 is 14.2 Å². The summed E-state index contributed by atoms with van der Waals surface area (Å²) in [6.45, 7) is 1.72. The molecule has 168 valence electrons. The van der Waals surface area contributed by atoms with Crippen molar-refractivity contribution in [3.8, 4) is 17.0 Å². The number of hydrogen-bond acceptors (Lipinski definition) is 6. The average Bonchev–Trinajstić information content (AvgIpc) is 3.39. The Morgan fingerprint density at radius 2 is 2.09 bits per heavy atom. The number of aryl methyl sites for hydroxylation is 1. The number of fused-ring (bicyclic) bond motifs is 2. The lowest BCUT2D eigenvalue weighted by Gasteiger charge is -2.33. The second kappa shape index (κ2) is 8.05. The highest BCUT2D eigenvalue weighted by atomic mass is 19.1. The van der Waals surface area contributed by atoms with Crippen molar-refractivity contribution in [3.05, 3.63) is 36.8 Å². The lowest BCUT2D eigenvalue weighted by Crippen LogP contribution is -2.36. The van der Waals surface area contributed by atoms with Gasteiger partial charge in [0.15, 0.2) is 0 Å². The number of methoxy groups -OCH3 is 1. The Bertz CT molecular complexity index is 1250. The SMILES string of the molecule is COc1nc(NC2CCC(C)(O)CC2)nn2ccc(-c3ccc4ncn(CCF)c4c3)c12. The van der Waals surface area contributed by atoms with Gasteiger partial charge in [0.05, 0.1) is 36.6 Å². The number of imidazole rings is 1. The third kappa shape index (κ3) is 3.77. The second-order valence-electron chi connectivity index (χ2n) is 8.71. The first kappa shape index (κ1) is 20.7. The largest absolute Gasteiger partial charge is 0.479 e. The summed E-state index contributed by atoms with van der Waals surface area (Å²) in [5, 5.41) is 18.2. The number of anilines is 1. The van der Waals surface area contributed by atoms with Crippen LogP contribution in [0.1, 0.15) is 32.6 Å². The summed E-state index contributed by atoms with van der Waals surface area (Å²) in [5.74, 6) is 0.974. The molecule has 1 fully saturated rings. The summed E-state index contributed by atoms with van der Waals surface area (Å²) >= 11 is 0. The molecule has 1 saturated carbocycles. The quantitative estimate of drug-likeness (QED) is 0.476. The molecule has 0 radical (unpaired) electrons. The molecule has 4 aromatic rings. The van der Waals surface area contributed by atoms with Gasteiger partial charge in [-0.2, -0.15) is 4.98 Å². The van der Waals surface area contributed by atoms with Crippen molar-refractivity contribution in [2.75, 3.05) is 19.1 Å². The maximum Gasteiger partial charge on any atom is 0.244 e. The van der Waals surface area contributed by atoms with Crippen LogP contribution in [0, 0.1) is 0 Å². The standard InChI is InChI=1S/C23H27FN6O2/c1-23(31)8-5-16(6-9-23)26-22-27-21(32-2)20-17(7-11-30(20)28-22)15-3-4-18-19(13-15)29(12-10-24)14-25-18/h3-4,7,11,13-14,16,31H,5-6,8-10,12H2,1-2H3,(H,26,28). The highest BCUT2D eigenvalue weighted by molar-refractivity contribution is 5.89. The molecule has 8 nitrogen and oxygen atoms in total. The van der Waals surface area contributed by atoms with Gasteiger partial charge in [-0.1, -0.05) is 6.07 Å². The van der Waals surface area contributed by atoms with Gasteiger partial charge >= 0.3 is 0 Å². The Labute approximate surface area is 185 Å². The summed E-state index contributed by atoms with van der Waals surface area (Å²) in [5.41, 5.74) is 3.77. The van der Waals surface area contributed by atoms with E-state index in [1.54, 1.807) is 18.0 Å². The molecule has 0 spiro atoms. The Kier molecular flexibility index (Phi) is 5.21. The predicted octanol–water partition coefficient (Wildman–Crippen LogP) is 3.83. The lowest BCUT2D eigenvalue weighted by atomic mass is 9.84. The van der Waals surface area contributed by atoms with Gasteiger partial charge in [0.25, 0.3) is 0 Å². The summed E-state index contributed by atoms with van der Waals surface area (Å²) in [6, 6.07) is 8.12. The molecule has 0 unspecified atom stereocenters. The Hall–Kier alpha value is -3.20. The van der Waals surface area contributed by atoms with Crippen LogP contribution >= 0.6 is 0 Å². The van der Waals surface area contributed by atoms with Gasteiger partial charge in [-0.3, -0.25) is 0 Å². The highest BCUT2D eigenvalue weighted by Crippen LogP contribution is 2.34. The third-order valence-electron chi connectivity index (χ3n) is 6.33. The van der Waals surface area contributed by atoms with E-state index in [4.69, 9.17) is 4.74 Å². The van der Waals surface area contributed by atoms with Crippen LogP contribution in [0.5, 0.6) is 5.88 Å². The average molecular weight is 439 g/mol. The number of benzene rings is 1. The van der Waals surface area contributed by atoms with Crippen molar-refractivity contribution >= 4 is 22.5 Å². The van der Waals surface area contributed by atoms with Crippen LogP contribution in [0.2, 0.25) is 0 Å². The van der Waals surface area contributed by atoms with Crippen molar-refractivity contribution in [3.63, 3.8) is 0 Å². The van der Waals surface area contributed by atoms with Gasteiger partial charge in [0.1, 0.15) is 12.2 Å². The first-order chi connectivity index (χ1) is 15.5. The van der Waals surface area contributed by atoms with Crippen LogP contribution in [0.25, 0.3) is 27.7 Å². The molecule has 3 heterocycles. The van der Waals surface area contributed by atoms with Gasteiger partial charge in [-0.25, -0.2) is 13.9 Å². The molecular weight excluding hydrogens is 411 g/mol. The van der Waals surface area contributed by atoms with Crippen LogP contribution < -0.4 is 10.1 Å². The molecule has 0 saturated heterocycles. The molecule has 9 heteroatoms. The van der Waals surface area contributed by atoms with E-state index in [9.17, 15) is 9.50 Å². The molecule has 0 atom stereocenters. The zero-order valence-electron chi connectivity index (χ0n) is 18.3. The first-order valence-corrected chi connectivity index (χ1v) is 10.9. The van der Waals surface area contributed by atoms with Crippen LogP contribution in [-0.4, -0.2) is 54.7 Å². The Morgan fingerprint density at radius 3 is 2.84 bits per heavy atom. The van der Waals surface area contributed by atoms with E-state index in [1.807, 2.05) is 42.0 Å². The number of aliphatic hydroxyl groups is 1. The van der Waals surface area contributed by atoms with Crippen molar-refractivity contribution in [1.29, 1.82) is 0 Å². The summed E-state index contributed by atoms with van der Waals surface area (Å²) in [6.07, 6.45) is 6.77. The monoisotopic (exact) mass is 438 g/mol. The maximum atomic E-state index is 12.9. The molecule has 3 aromatic heterocycles. The van der Waals surface area contributed by atoms with Crippen LogP contribution in [-0.2, 0) is 6.54 Å². The smallest absolute Gasteiger partial charge is 0.244 e. The van der Waals surface area contributed by atoms with E-state index in [0.29, 0.717) is 11.8 Å². The van der Waals surface area contributed by atoms with Crippen LogP contribution in [0.15, 0.2) is 36.8 Å². The summed E-state index contributed by atoms with van der Waals surface area (Å²) in [7, 11) is 1.60. The molecule has 1 aliphatic carbocycles. The Balaban J connectivity index is 1.49. The predicted molar refractivity (Wildman–Crippen MR) is 121 cm³/mol. The molecule has 0 amide bonds. The fourth-order valence-electron chi connectivity index (χ4n) is 4.49. The highest BCUT2D eigenvalue weighted by Gasteiger charge is 2.29.